The molecule has 3 aromatic heterocycles. The first-order valence-corrected chi connectivity index (χ1v) is 9.84. The molecule has 0 aliphatic rings. The Balaban J connectivity index is 1.45. The van der Waals surface area contributed by atoms with Crippen molar-refractivity contribution in [2.75, 3.05) is 12.4 Å². The van der Waals surface area contributed by atoms with Crippen LogP contribution in [0.2, 0.25) is 0 Å². The molecule has 31 heavy (non-hydrogen) atoms. The molecule has 0 aliphatic heterocycles. The van der Waals surface area contributed by atoms with Crippen LogP contribution in [-0.4, -0.2) is 37.5 Å². The first-order chi connectivity index (χ1) is 15.1. The molecule has 8 nitrogen and oxygen atoms in total. The van der Waals surface area contributed by atoms with Crippen LogP contribution in [0.5, 0.6) is 5.75 Å². The molecule has 0 spiro atoms. The highest BCUT2D eigenvalue weighted by Gasteiger charge is 2.15. The number of rotatable bonds is 8. The van der Waals surface area contributed by atoms with Gasteiger partial charge in [-0.3, -0.25) is 4.79 Å². The average molecular weight is 420 g/mol. The predicted molar refractivity (Wildman–Crippen MR) is 113 cm³/mol. The number of aryl methyl sites for hydroxylation is 2. The monoisotopic (exact) mass is 420 g/mol. The Morgan fingerprint density at radius 2 is 1.97 bits per heavy atom. The van der Waals surface area contributed by atoms with Crippen LogP contribution in [0, 0.1) is 5.82 Å². The number of Topliss-reactive ketones (excluding diaryl/α,β-unsaturated/α-hetero) is 1. The number of anilines is 2. The summed E-state index contributed by atoms with van der Waals surface area (Å²) in [6, 6.07) is 6.75. The summed E-state index contributed by atoms with van der Waals surface area (Å²) in [7, 11) is 1.39. The zero-order valence-corrected chi connectivity index (χ0v) is 17.2. The summed E-state index contributed by atoms with van der Waals surface area (Å²) >= 11 is 0. The van der Waals surface area contributed by atoms with E-state index >= 15 is 0 Å². The van der Waals surface area contributed by atoms with Gasteiger partial charge < -0.3 is 10.1 Å². The van der Waals surface area contributed by atoms with Crippen LogP contribution in [-0.2, 0) is 12.8 Å². The van der Waals surface area contributed by atoms with Crippen LogP contribution in [0.4, 0.5) is 16.0 Å². The zero-order valence-electron chi connectivity index (χ0n) is 17.2. The van der Waals surface area contributed by atoms with Gasteiger partial charge in [-0.15, -0.1) is 0 Å². The van der Waals surface area contributed by atoms with E-state index in [9.17, 15) is 9.18 Å². The summed E-state index contributed by atoms with van der Waals surface area (Å²) in [6.07, 6.45) is 7.93. The molecule has 3 heterocycles. The number of hydrogen-bond acceptors (Lipinski definition) is 7. The molecule has 0 atom stereocenters. The first kappa shape index (κ1) is 20.4. The fraction of sp³-hybridized carbons (Fsp3) is 0.227. The summed E-state index contributed by atoms with van der Waals surface area (Å²) in [5.74, 6) is 0.0151. The van der Waals surface area contributed by atoms with Gasteiger partial charge in [0, 0.05) is 24.4 Å². The number of methoxy groups -OCH3 is 1. The van der Waals surface area contributed by atoms with Crippen LogP contribution < -0.4 is 10.1 Å². The third-order valence-electron chi connectivity index (χ3n) is 4.90. The van der Waals surface area contributed by atoms with E-state index in [-0.39, 0.29) is 11.5 Å². The van der Waals surface area contributed by atoms with Gasteiger partial charge in [0.05, 0.1) is 19.0 Å². The minimum atomic E-state index is -0.446. The van der Waals surface area contributed by atoms with E-state index in [2.05, 4.69) is 25.4 Å². The van der Waals surface area contributed by atoms with Gasteiger partial charge in [-0.1, -0.05) is 6.92 Å². The summed E-state index contributed by atoms with van der Waals surface area (Å²) in [4.78, 5) is 24.8. The maximum Gasteiger partial charge on any atom is 0.227 e. The summed E-state index contributed by atoms with van der Waals surface area (Å²) in [6.45, 7) is 1.77. The first-order valence-electron chi connectivity index (χ1n) is 9.84. The number of ketones is 1. The zero-order chi connectivity index (χ0) is 21.8. The van der Waals surface area contributed by atoms with Crippen molar-refractivity contribution in [2.45, 2.75) is 26.2 Å². The number of nitrogens with one attached hydrogen (secondary N) is 1. The van der Waals surface area contributed by atoms with Crippen molar-refractivity contribution in [2.24, 2.45) is 0 Å². The second-order valence-electron chi connectivity index (χ2n) is 6.95. The molecule has 0 aliphatic carbocycles. The van der Waals surface area contributed by atoms with Crippen LogP contribution in [0.15, 0.2) is 49.2 Å². The quantitative estimate of drug-likeness (QED) is 0.433. The molecule has 1 N–H and O–H groups in total. The average Bonchev–Trinajstić information content (AvgIpc) is 3.26. The summed E-state index contributed by atoms with van der Waals surface area (Å²) in [5, 5.41) is 7.21. The van der Waals surface area contributed by atoms with Crippen molar-refractivity contribution in [1.29, 1.82) is 0 Å². The van der Waals surface area contributed by atoms with Gasteiger partial charge in [0.1, 0.15) is 6.33 Å². The fourth-order valence-corrected chi connectivity index (χ4v) is 3.20. The van der Waals surface area contributed by atoms with Gasteiger partial charge in [-0.25, -0.2) is 23.9 Å². The number of aromatic nitrogens is 5. The number of ether oxygens (including phenoxy) is 1. The normalized spacial score (nSPS) is 10.9. The molecule has 0 unspecified atom stereocenters. The van der Waals surface area contributed by atoms with E-state index in [0.29, 0.717) is 36.3 Å². The van der Waals surface area contributed by atoms with E-state index in [1.807, 2.05) is 12.1 Å². The molecule has 9 heteroatoms. The third kappa shape index (κ3) is 4.50. The van der Waals surface area contributed by atoms with E-state index < -0.39 is 5.82 Å². The Hall–Kier alpha value is -3.88. The van der Waals surface area contributed by atoms with E-state index in [1.54, 1.807) is 36.1 Å². The standard InChI is InChI=1S/C22H21FN6O2/c1-3-18(30)16-8-15(21(23)19(9-16)31-2)5-4-14-10-24-22(25-11-14)28-17-6-7-20-26-13-27-29(20)12-17/h6-13H,3-5H2,1-2H3,(H,24,25,28). The Morgan fingerprint density at radius 3 is 2.71 bits per heavy atom. The summed E-state index contributed by atoms with van der Waals surface area (Å²) < 4.78 is 21.4. The highest BCUT2D eigenvalue weighted by atomic mass is 19.1. The Bertz CT molecular complexity index is 1220. The van der Waals surface area contributed by atoms with Gasteiger partial charge in [0.25, 0.3) is 0 Å². The lowest BCUT2D eigenvalue weighted by molar-refractivity contribution is 0.0987. The van der Waals surface area contributed by atoms with E-state index in [0.717, 1.165) is 16.9 Å². The van der Waals surface area contributed by atoms with Gasteiger partial charge in [-0.2, -0.15) is 5.10 Å². The van der Waals surface area contributed by atoms with Crippen molar-refractivity contribution in [3.63, 3.8) is 0 Å². The largest absolute Gasteiger partial charge is 0.494 e. The lowest BCUT2D eigenvalue weighted by Crippen LogP contribution is -2.05. The highest BCUT2D eigenvalue weighted by molar-refractivity contribution is 5.96. The van der Waals surface area contributed by atoms with Crippen molar-refractivity contribution in [1.82, 2.24) is 24.6 Å². The Labute approximate surface area is 178 Å². The molecule has 0 radical (unpaired) electrons. The fourth-order valence-electron chi connectivity index (χ4n) is 3.20. The minimum Gasteiger partial charge on any atom is -0.494 e. The maximum absolute atomic E-state index is 14.6. The molecule has 0 saturated heterocycles. The number of carbonyl (C=O) groups is 1. The number of pyridine rings is 1. The third-order valence-corrected chi connectivity index (χ3v) is 4.90. The number of benzene rings is 1. The molecule has 0 amide bonds. The Morgan fingerprint density at radius 1 is 1.16 bits per heavy atom. The smallest absolute Gasteiger partial charge is 0.227 e. The highest BCUT2D eigenvalue weighted by Crippen LogP contribution is 2.25. The van der Waals surface area contributed by atoms with Crippen LogP contribution in [0.3, 0.4) is 0 Å². The molecule has 0 fully saturated rings. The number of carbonyl (C=O) groups excluding carboxylic acids is 1. The number of fused-ring (bicyclic) bond motifs is 1. The lowest BCUT2D eigenvalue weighted by Gasteiger charge is -2.11. The summed E-state index contributed by atoms with van der Waals surface area (Å²) in [5.41, 5.74) is 3.26. The SMILES string of the molecule is CCC(=O)c1cc(CCc2cnc(Nc3ccc4ncnn4c3)nc2)c(F)c(OC)c1. The lowest BCUT2D eigenvalue weighted by atomic mass is 10.00. The van der Waals surface area contributed by atoms with Gasteiger partial charge in [0.15, 0.2) is 23.0 Å². The number of nitrogens with zero attached hydrogens (tertiary/aromatic N) is 5. The number of halogens is 1. The molecular formula is C22H21FN6O2. The van der Waals surface area contributed by atoms with Crippen LogP contribution in [0.25, 0.3) is 5.65 Å². The van der Waals surface area contributed by atoms with Crippen molar-refractivity contribution < 1.29 is 13.9 Å². The molecule has 0 bridgehead atoms. The van der Waals surface area contributed by atoms with E-state index in [1.165, 1.54) is 19.5 Å². The van der Waals surface area contributed by atoms with Crippen molar-refractivity contribution in [3.8, 4) is 5.75 Å². The van der Waals surface area contributed by atoms with Crippen LogP contribution in [0.1, 0.15) is 34.8 Å². The van der Waals surface area contributed by atoms with Gasteiger partial charge in [0.2, 0.25) is 5.95 Å². The molecule has 158 valence electrons. The second-order valence-corrected chi connectivity index (χ2v) is 6.95. The predicted octanol–water partition coefficient (Wildman–Crippen LogP) is 3.79. The number of hydrogen-bond donors (Lipinski definition) is 1. The molecule has 4 aromatic rings. The van der Waals surface area contributed by atoms with Crippen molar-refractivity contribution in [3.05, 3.63) is 71.7 Å². The van der Waals surface area contributed by atoms with Gasteiger partial charge in [-0.05, 0) is 48.2 Å². The Kier molecular flexibility index (Phi) is 5.83. The molecule has 1 aromatic carbocycles. The topological polar surface area (TPSA) is 94.3 Å². The molecule has 4 rings (SSSR count). The minimum absolute atomic E-state index is 0.0533. The van der Waals surface area contributed by atoms with E-state index in [4.69, 9.17) is 4.74 Å². The molecular weight excluding hydrogens is 399 g/mol. The molecule has 0 saturated carbocycles. The second kappa shape index (κ2) is 8.86. The van der Waals surface area contributed by atoms with Crippen molar-refractivity contribution >= 4 is 23.1 Å². The maximum atomic E-state index is 14.6. The van der Waals surface area contributed by atoms with Crippen LogP contribution >= 0.6 is 0 Å². The van der Waals surface area contributed by atoms with Gasteiger partial charge >= 0.3 is 0 Å².